The summed E-state index contributed by atoms with van der Waals surface area (Å²) in [6.07, 6.45) is 1.33. The number of phenolic OH excluding ortho intramolecular Hbond substituents is 1. The Morgan fingerprint density at radius 3 is 2.85 bits per heavy atom. The number of aromatic nitrogens is 4. The number of hydrogen-bond acceptors (Lipinski definition) is 7. The fraction of sp³-hybridized carbons (Fsp3) is 0.167. The maximum Gasteiger partial charge on any atom is 0.263 e. The Labute approximate surface area is 155 Å². The van der Waals surface area contributed by atoms with Crippen LogP contribution in [0.25, 0.3) is 11.4 Å². The van der Waals surface area contributed by atoms with E-state index in [9.17, 15) is 9.90 Å². The van der Waals surface area contributed by atoms with Crippen molar-refractivity contribution in [3.05, 3.63) is 54.1 Å². The number of para-hydroxylation sites is 1. The lowest BCUT2D eigenvalue weighted by molar-refractivity contribution is -0.122. The van der Waals surface area contributed by atoms with Gasteiger partial charge in [-0.1, -0.05) is 36.4 Å². The third-order valence-corrected chi connectivity index (χ3v) is 3.49. The number of benzene rings is 2. The van der Waals surface area contributed by atoms with Gasteiger partial charge in [0.1, 0.15) is 6.54 Å². The predicted molar refractivity (Wildman–Crippen MR) is 98.3 cm³/mol. The number of ether oxygens (including phenoxy) is 1. The fourth-order valence-electron chi connectivity index (χ4n) is 2.27. The summed E-state index contributed by atoms with van der Waals surface area (Å²) in [5, 5.41) is 25.8. The van der Waals surface area contributed by atoms with Crippen molar-refractivity contribution in [2.24, 2.45) is 5.10 Å². The summed E-state index contributed by atoms with van der Waals surface area (Å²) in [7, 11) is 0. The van der Waals surface area contributed by atoms with Crippen molar-refractivity contribution in [2.75, 3.05) is 6.61 Å². The van der Waals surface area contributed by atoms with Gasteiger partial charge in [-0.25, -0.2) is 5.43 Å². The lowest BCUT2D eigenvalue weighted by Gasteiger charge is -2.07. The molecule has 2 aromatic carbocycles. The normalized spacial score (nSPS) is 10.9. The zero-order valence-electron chi connectivity index (χ0n) is 14.6. The Balaban J connectivity index is 1.58. The molecule has 0 aliphatic rings. The Morgan fingerprint density at radius 1 is 1.26 bits per heavy atom. The quantitative estimate of drug-likeness (QED) is 0.485. The van der Waals surface area contributed by atoms with Crippen LogP contribution >= 0.6 is 0 Å². The number of hydrogen-bond donors (Lipinski definition) is 2. The molecule has 9 nitrogen and oxygen atoms in total. The van der Waals surface area contributed by atoms with Crippen molar-refractivity contribution in [2.45, 2.75) is 13.5 Å². The van der Waals surface area contributed by atoms with E-state index < -0.39 is 5.91 Å². The molecule has 0 atom stereocenters. The van der Waals surface area contributed by atoms with Gasteiger partial charge in [-0.05, 0) is 24.3 Å². The van der Waals surface area contributed by atoms with Crippen LogP contribution in [0.4, 0.5) is 0 Å². The number of rotatable bonds is 7. The Kier molecular flexibility index (Phi) is 5.73. The van der Waals surface area contributed by atoms with Gasteiger partial charge >= 0.3 is 0 Å². The van der Waals surface area contributed by atoms with Gasteiger partial charge in [0.15, 0.2) is 11.5 Å². The molecule has 2 N–H and O–H groups in total. The van der Waals surface area contributed by atoms with Crippen LogP contribution in [0.1, 0.15) is 12.5 Å². The first-order chi connectivity index (χ1) is 13.2. The summed E-state index contributed by atoms with van der Waals surface area (Å²) in [6, 6.07) is 14.4. The summed E-state index contributed by atoms with van der Waals surface area (Å²) >= 11 is 0. The number of carbonyl (C=O) groups is 1. The van der Waals surface area contributed by atoms with E-state index in [2.05, 4.69) is 25.9 Å². The van der Waals surface area contributed by atoms with Gasteiger partial charge in [0.05, 0.1) is 12.8 Å². The molecule has 1 amide bonds. The average molecular weight is 366 g/mol. The molecule has 0 aliphatic carbocycles. The molecule has 1 heterocycles. The second kappa shape index (κ2) is 8.56. The van der Waals surface area contributed by atoms with Crippen LogP contribution in [0.5, 0.6) is 11.5 Å². The highest BCUT2D eigenvalue weighted by Crippen LogP contribution is 2.28. The molecule has 0 aliphatic heterocycles. The number of hydrazone groups is 1. The van der Waals surface area contributed by atoms with Crippen LogP contribution in [0.3, 0.4) is 0 Å². The molecule has 9 heteroatoms. The summed E-state index contributed by atoms with van der Waals surface area (Å²) < 4.78 is 5.30. The molecule has 3 aromatic rings. The minimum atomic E-state index is -0.427. The van der Waals surface area contributed by atoms with Gasteiger partial charge < -0.3 is 9.84 Å². The standard InChI is InChI=1S/C18H18N6O3/c1-2-27-15-10-6-9-14(17(15)26)11-19-20-16(25)12-24-22-18(21-23-24)13-7-4-3-5-8-13/h3-11,26H,2,12H2,1H3,(H,20,25)/b19-11+. The smallest absolute Gasteiger partial charge is 0.263 e. The molecule has 0 bridgehead atoms. The van der Waals surface area contributed by atoms with Gasteiger partial charge in [-0.3, -0.25) is 4.79 Å². The monoisotopic (exact) mass is 366 g/mol. The largest absolute Gasteiger partial charge is 0.504 e. The van der Waals surface area contributed by atoms with Crippen LogP contribution in [0.15, 0.2) is 53.6 Å². The molecular formula is C18H18N6O3. The van der Waals surface area contributed by atoms with E-state index >= 15 is 0 Å². The molecular weight excluding hydrogens is 348 g/mol. The van der Waals surface area contributed by atoms with Crippen LogP contribution in [0, 0.1) is 0 Å². The number of carbonyl (C=O) groups excluding carboxylic acids is 1. The molecule has 0 radical (unpaired) electrons. The third-order valence-electron chi connectivity index (χ3n) is 3.49. The van der Waals surface area contributed by atoms with Crippen molar-refractivity contribution in [3.63, 3.8) is 0 Å². The SMILES string of the molecule is CCOc1cccc(/C=N/NC(=O)Cn2nnc(-c3ccccc3)n2)c1O. The maximum atomic E-state index is 12.0. The van der Waals surface area contributed by atoms with Crippen LogP contribution < -0.4 is 10.2 Å². The van der Waals surface area contributed by atoms with Gasteiger partial charge in [0.25, 0.3) is 5.91 Å². The minimum absolute atomic E-state index is 0.0391. The number of nitrogens with one attached hydrogen (secondary N) is 1. The van der Waals surface area contributed by atoms with Crippen LogP contribution in [0.2, 0.25) is 0 Å². The average Bonchev–Trinajstić information content (AvgIpc) is 3.14. The van der Waals surface area contributed by atoms with Crippen molar-refractivity contribution in [1.29, 1.82) is 0 Å². The molecule has 27 heavy (non-hydrogen) atoms. The highest BCUT2D eigenvalue weighted by Gasteiger charge is 2.09. The van der Waals surface area contributed by atoms with Crippen LogP contribution in [-0.4, -0.2) is 44.0 Å². The second-order valence-electron chi connectivity index (χ2n) is 5.43. The second-order valence-corrected chi connectivity index (χ2v) is 5.43. The van der Waals surface area contributed by atoms with Crippen molar-refractivity contribution in [3.8, 4) is 22.9 Å². The van der Waals surface area contributed by atoms with Crippen molar-refractivity contribution < 1.29 is 14.6 Å². The topological polar surface area (TPSA) is 115 Å². The molecule has 0 saturated heterocycles. The first-order valence-electron chi connectivity index (χ1n) is 8.27. The summed E-state index contributed by atoms with van der Waals surface area (Å²) in [4.78, 5) is 13.1. The Hall–Kier alpha value is -3.75. The minimum Gasteiger partial charge on any atom is -0.504 e. The lowest BCUT2D eigenvalue weighted by atomic mass is 10.2. The number of nitrogens with zero attached hydrogens (tertiary/aromatic N) is 5. The van der Waals surface area contributed by atoms with Crippen molar-refractivity contribution in [1.82, 2.24) is 25.6 Å². The molecule has 0 saturated carbocycles. The summed E-state index contributed by atoms with van der Waals surface area (Å²) in [5.74, 6) is 0.323. The number of phenols is 1. The van der Waals surface area contributed by atoms with Gasteiger partial charge in [-0.2, -0.15) is 9.90 Å². The highest BCUT2D eigenvalue weighted by atomic mass is 16.5. The number of aromatic hydroxyl groups is 1. The zero-order chi connectivity index (χ0) is 19.1. The van der Waals surface area contributed by atoms with E-state index in [0.29, 0.717) is 23.7 Å². The Bertz CT molecular complexity index is 939. The van der Waals surface area contributed by atoms with E-state index in [-0.39, 0.29) is 12.3 Å². The molecule has 3 rings (SSSR count). The van der Waals surface area contributed by atoms with E-state index in [1.54, 1.807) is 18.2 Å². The number of amides is 1. The van der Waals surface area contributed by atoms with E-state index in [4.69, 9.17) is 4.74 Å². The molecule has 0 spiro atoms. The van der Waals surface area contributed by atoms with E-state index in [1.807, 2.05) is 37.3 Å². The number of tetrazole rings is 1. The third kappa shape index (κ3) is 4.66. The van der Waals surface area contributed by atoms with Gasteiger partial charge in [0.2, 0.25) is 5.82 Å². The van der Waals surface area contributed by atoms with E-state index in [1.165, 1.54) is 11.0 Å². The zero-order valence-corrected chi connectivity index (χ0v) is 14.6. The fourth-order valence-corrected chi connectivity index (χ4v) is 2.27. The molecule has 1 aromatic heterocycles. The highest BCUT2D eigenvalue weighted by molar-refractivity contribution is 5.86. The predicted octanol–water partition coefficient (Wildman–Crippen LogP) is 1.59. The van der Waals surface area contributed by atoms with Gasteiger partial charge in [-0.15, -0.1) is 10.2 Å². The maximum absolute atomic E-state index is 12.0. The van der Waals surface area contributed by atoms with E-state index in [0.717, 1.165) is 5.56 Å². The summed E-state index contributed by atoms with van der Waals surface area (Å²) in [5.41, 5.74) is 3.59. The lowest BCUT2D eigenvalue weighted by Crippen LogP contribution is -2.24. The Morgan fingerprint density at radius 2 is 2.07 bits per heavy atom. The molecule has 138 valence electrons. The molecule has 0 unspecified atom stereocenters. The van der Waals surface area contributed by atoms with Gasteiger partial charge in [0, 0.05) is 11.1 Å². The first-order valence-corrected chi connectivity index (χ1v) is 8.27. The van der Waals surface area contributed by atoms with Crippen LogP contribution in [-0.2, 0) is 11.3 Å². The summed E-state index contributed by atoms with van der Waals surface area (Å²) in [6.45, 7) is 2.12. The first kappa shape index (κ1) is 18.1. The molecule has 0 fully saturated rings. The van der Waals surface area contributed by atoms with Crippen molar-refractivity contribution >= 4 is 12.1 Å².